The van der Waals surface area contributed by atoms with Crippen LogP contribution in [0.2, 0.25) is 0 Å². The second-order valence-electron chi connectivity index (χ2n) is 5.03. The summed E-state index contributed by atoms with van der Waals surface area (Å²) in [5, 5.41) is 6.25. The lowest BCUT2D eigenvalue weighted by atomic mass is 10.1. The Morgan fingerprint density at radius 2 is 2.25 bits per heavy atom. The lowest BCUT2D eigenvalue weighted by Gasteiger charge is -2.15. The van der Waals surface area contributed by atoms with Crippen LogP contribution >= 0.6 is 15.9 Å². The van der Waals surface area contributed by atoms with Crippen molar-refractivity contribution < 1.29 is 14.3 Å². The van der Waals surface area contributed by atoms with E-state index in [0.29, 0.717) is 6.54 Å². The fourth-order valence-corrected chi connectivity index (χ4v) is 3.10. The van der Waals surface area contributed by atoms with Crippen molar-refractivity contribution >= 4 is 21.8 Å². The summed E-state index contributed by atoms with van der Waals surface area (Å²) in [5.74, 6) is 1.60. The standard InChI is InChI=1S/C14H17BrN2O3/c15-10-5-9(6-12-13(10)20-8-19-12)7-17-11-3-1-2-4-16-14(11)18/h5-6,11,17H,1-4,7-8H2,(H,16,18)/t11-/m0/s1. The monoisotopic (exact) mass is 340 g/mol. The van der Waals surface area contributed by atoms with Crippen LogP contribution in [0.25, 0.3) is 0 Å². The summed E-state index contributed by atoms with van der Waals surface area (Å²) >= 11 is 3.48. The van der Waals surface area contributed by atoms with Crippen LogP contribution < -0.4 is 20.1 Å². The van der Waals surface area contributed by atoms with E-state index in [9.17, 15) is 4.79 Å². The maximum Gasteiger partial charge on any atom is 0.237 e. The Labute approximate surface area is 126 Å². The Balaban J connectivity index is 1.66. The lowest BCUT2D eigenvalue weighted by Crippen LogP contribution is -2.42. The predicted molar refractivity (Wildman–Crippen MR) is 77.8 cm³/mol. The Hall–Kier alpha value is -1.27. The molecule has 0 aromatic heterocycles. The number of hydrogen-bond donors (Lipinski definition) is 2. The molecule has 2 aliphatic heterocycles. The van der Waals surface area contributed by atoms with Gasteiger partial charge in [-0.25, -0.2) is 0 Å². The third-order valence-corrected chi connectivity index (χ3v) is 4.16. The molecule has 0 saturated carbocycles. The molecule has 2 N–H and O–H groups in total. The molecule has 1 fully saturated rings. The molecule has 1 atom stereocenters. The van der Waals surface area contributed by atoms with Crippen LogP contribution in [-0.4, -0.2) is 25.3 Å². The predicted octanol–water partition coefficient (Wildman–Crippen LogP) is 1.94. The zero-order valence-corrected chi connectivity index (χ0v) is 12.7. The summed E-state index contributed by atoms with van der Waals surface area (Å²) < 4.78 is 11.6. The Morgan fingerprint density at radius 1 is 1.35 bits per heavy atom. The first kappa shape index (κ1) is 13.7. The lowest BCUT2D eigenvalue weighted by molar-refractivity contribution is -0.122. The van der Waals surface area contributed by atoms with Crippen molar-refractivity contribution in [1.29, 1.82) is 0 Å². The first-order valence-electron chi connectivity index (χ1n) is 6.83. The van der Waals surface area contributed by atoms with Crippen LogP contribution in [0.5, 0.6) is 11.5 Å². The van der Waals surface area contributed by atoms with Gasteiger partial charge in [0.05, 0.1) is 10.5 Å². The van der Waals surface area contributed by atoms with Crippen molar-refractivity contribution in [3.8, 4) is 11.5 Å². The average molecular weight is 341 g/mol. The van der Waals surface area contributed by atoms with Gasteiger partial charge in [-0.3, -0.25) is 4.79 Å². The number of carbonyl (C=O) groups excluding carboxylic acids is 1. The van der Waals surface area contributed by atoms with Crippen LogP contribution in [-0.2, 0) is 11.3 Å². The number of halogens is 1. The molecule has 108 valence electrons. The second-order valence-corrected chi connectivity index (χ2v) is 5.89. The van der Waals surface area contributed by atoms with Gasteiger partial charge >= 0.3 is 0 Å². The van der Waals surface area contributed by atoms with E-state index in [1.54, 1.807) is 0 Å². The van der Waals surface area contributed by atoms with Gasteiger partial charge in [-0.05, 0) is 52.9 Å². The van der Waals surface area contributed by atoms with Gasteiger partial charge in [0.1, 0.15) is 0 Å². The largest absolute Gasteiger partial charge is 0.454 e. The third-order valence-electron chi connectivity index (χ3n) is 3.57. The van der Waals surface area contributed by atoms with Crippen LogP contribution in [0.1, 0.15) is 24.8 Å². The summed E-state index contributed by atoms with van der Waals surface area (Å²) in [6.45, 7) is 1.68. The highest BCUT2D eigenvalue weighted by atomic mass is 79.9. The van der Waals surface area contributed by atoms with Crippen molar-refractivity contribution in [3.05, 3.63) is 22.2 Å². The van der Waals surface area contributed by atoms with Crippen molar-refractivity contribution in [3.63, 3.8) is 0 Å². The number of ether oxygens (including phenoxy) is 2. The highest BCUT2D eigenvalue weighted by Crippen LogP contribution is 2.39. The van der Waals surface area contributed by atoms with E-state index in [2.05, 4.69) is 26.6 Å². The zero-order chi connectivity index (χ0) is 13.9. The maximum atomic E-state index is 11.9. The molecule has 20 heavy (non-hydrogen) atoms. The summed E-state index contributed by atoms with van der Waals surface area (Å²) in [7, 11) is 0. The van der Waals surface area contributed by atoms with E-state index in [1.807, 2.05) is 12.1 Å². The molecular weight excluding hydrogens is 324 g/mol. The molecule has 2 aliphatic rings. The van der Waals surface area contributed by atoms with E-state index in [4.69, 9.17) is 9.47 Å². The average Bonchev–Trinajstić information content (AvgIpc) is 2.81. The van der Waals surface area contributed by atoms with Crippen molar-refractivity contribution in [2.75, 3.05) is 13.3 Å². The number of fused-ring (bicyclic) bond motifs is 1. The third kappa shape index (κ3) is 2.91. The maximum absolute atomic E-state index is 11.9. The Morgan fingerprint density at radius 3 is 3.15 bits per heavy atom. The van der Waals surface area contributed by atoms with Gasteiger partial charge in [0.2, 0.25) is 12.7 Å². The fourth-order valence-electron chi connectivity index (χ4n) is 2.50. The van der Waals surface area contributed by atoms with E-state index in [-0.39, 0.29) is 18.7 Å². The van der Waals surface area contributed by atoms with Crippen LogP contribution in [0.4, 0.5) is 0 Å². The number of benzene rings is 1. The highest BCUT2D eigenvalue weighted by Gasteiger charge is 2.21. The molecule has 0 aliphatic carbocycles. The van der Waals surface area contributed by atoms with Crippen LogP contribution in [0.3, 0.4) is 0 Å². The molecule has 1 saturated heterocycles. The second kappa shape index (κ2) is 6.01. The number of nitrogens with one attached hydrogen (secondary N) is 2. The van der Waals surface area contributed by atoms with Crippen molar-refractivity contribution in [1.82, 2.24) is 10.6 Å². The SMILES string of the molecule is O=C1NCCCC[C@@H]1NCc1cc(Br)c2c(c1)OCO2. The molecule has 0 unspecified atom stereocenters. The van der Waals surface area contributed by atoms with Gasteiger partial charge in [-0.1, -0.05) is 0 Å². The Bertz CT molecular complexity index is 521. The van der Waals surface area contributed by atoms with Crippen LogP contribution in [0, 0.1) is 0 Å². The molecule has 5 nitrogen and oxygen atoms in total. The van der Waals surface area contributed by atoms with Crippen LogP contribution in [0.15, 0.2) is 16.6 Å². The van der Waals surface area contributed by atoms with E-state index in [0.717, 1.165) is 47.3 Å². The van der Waals surface area contributed by atoms with Gasteiger partial charge in [-0.2, -0.15) is 0 Å². The number of amides is 1. The number of carbonyl (C=O) groups is 1. The van der Waals surface area contributed by atoms with Gasteiger partial charge in [0.15, 0.2) is 11.5 Å². The van der Waals surface area contributed by atoms with Gasteiger partial charge in [-0.15, -0.1) is 0 Å². The van der Waals surface area contributed by atoms with E-state index < -0.39 is 0 Å². The molecule has 1 amide bonds. The number of rotatable bonds is 3. The first-order chi connectivity index (χ1) is 9.74. The molecule has 2 heterocycles. The molecule has 6 heteroatoms. The minimum atomic E-state index is -0.110. The van der Waals surface area contributed by atoms with E-state index in [1.165, 1.54) is 0 Å². The molecule has 1 aromatic carbocycles. The van der Waals surface area contributed by atoms with Crippen molar-refractivity contribution in [2.24, 2.45) is 0 Å². The van der Waals surface area contributed by atoms with Gasteiger partial charge in [0.25, 0.3) is 0 Å². The smallest absolute Gasteiger partial charge is 0.237 e. The van der Waals surface area contributed by atoms with Gasteiger partial charge in [0, 0.05) is 13.1 Å². The molecule has 1 aromatic rings. The topological polar surface area (TPSA) is 59.6 Å². The minimum Gasteiger partial charge on any atom is -0.454 e. The highest BCUT2D eigenvalue weighted by molar-refractivity contribution is 9.10. The molecule has 0 bridgehead atoms. The summed E-state index contributed by atoms with van der Waals surface area (Å²) in [6.07, 6.45) is 3.01. The fraction of sp³-hybridized carbons (Fsp3) is 0.500. The normalized spacial score (nSPS) is 21.4. The molecule has 0 radical (unpaired) electrons. The number of hydrogen-bond acceptors (Lipinski definition) is 4. The van der Waals surface area contributed by atoms with Gasteiger partial charge < -0.3 is 20.1 Å². The first-order valence-corrected chi connectivity index (χ1v) is 7.62. The Kier molecular flexibility index (Phi) is 4.12. The van der Waals surface area contributed by atoms with Crippen molar-refractivity contribution in [2.45, 2.75) is 31.8 Å². The summed E-state index contributed by atoms with van der Waals surface area (Å²) in [6, 6.07) is 3.84. The molecular formula is C14H17BrN2O3. The molecule has 3 rings (SSSR count). The summed E-state index contributed by atoms with van der Waals surface area (Å²) in [4.78, 5) is 11.9. The summed E-state index contributed by atoms with van der Waals surface area (Å²) in [5.41, 5.74) is 1.07. The van der Waals surface area contributed by atoms with E-state index >= 15 is 0 Å². The zero-order valence-electron chi connectivity index (χ0n) is 11.1. The molecule has 0 spiro atoms. The minimum absolute atomic E-state index is 0.0994. The quantitative estimate of drug-likeness (QED) is 0.882.